The lowest BCUT2D eigenvalue weighted by Crippen LogP contribution is -2.25. The van der Waals surface area contributed by atoms with Crippen LogP contribution in [0.4, 0.5) is 0 Å². The zero-order valence-corrected chi connectivity index (χ0v) is 9.21. The maximum Gasteiger partial charge on any atom is 0.0208 e. The molecule has 1 aromatic rings. The topological polar surface area (TPSA) is 12.0 Å². The van der Waals surface area contributed by atoms with E-state index in [2.05, 4.69) is 36.2 Å². The lowest BCUT2D eigenvalue weighted by atomic mass is 10.1. The van der Waals surface area contributed by atoms with Crippen LogP contribution in [-0.4, -0.2) is 6.04 Å². The third-order valence-corrected chi connectivity index (χ3v) is 3.17. The van der Waals surface area contributed by atoms with Crippen LogP contribution in [0.15, 0.2) is 30.8 Å². The Hall–Kier alpha value is -1.08. The maximum atomic E-state index is 3.75. The molecule has 0 saturated heterocycles. The largest absolute Gasteiger partial charge is 0.310 e. The van der Waals surface area contributed by atoms with Crippen LogP contribution in [0.2, 0.25) is 0 Å². The zero-order chi connectivity index (χ0) is 10.5. The molecule has 0 unspecified atom stereocenters. The molecular weight excluding hydrogens is 182 g/mol. The van der Waals surface area contributed by atoms with Crippen molar-refractivity contribution in [2.45, 2.75) is 38.3 Å². The van der Waals surface area contributed by atoms with Gasteiger partial charge in [0.1, 0.15) is 0 Å². The van der Waals surface area contributed by atoms with Gasteiger partial charge in [-0.25, -0.2) is 0 Å². The summed E-state index contributed by atoms with van der Waals surface area (Å²) in [5.41, 5.74) is 2.56. The molecule has 1 heteroatoms. The molecule has 0 aliphatic heterocycles. The van der Waals surface area contributed by atoms with Crippen molar-refractivity contribution < 1.29 is 0 Å². The second kappa shape index (κ2) is 5.13. The van der Waals surface area contributed by atoms with Crippen LogP contribution in [0.25, 0.3) is 6.08 Å². The van der Waals surface area contributed by atoms with Crippen LogP contribution >= 0.6 is 0 Å². The van der Waals surface area contributed by atoms with Gasteiger partial charge in [-0.2, -0.15) is 0 Å². The summed E-state index contributed by atoms with van der Waals surface area (Å²) in [7, 11) is 0. The molecule has 80 valence electrons. The van der Waals surface area contributed by atoms with Crippen molar-refractivity contribution in [2.24, 2.45) is 0 Å². The number of nitrogens with one attached hydrogen (secondary N) is 1. The van der Waals surface area contributed by atoms with E-state index in [1.165, 1.54) is 36.8 Å². The maximum absolute atomic E-state index is 3.75. The average molecular weight is 201 g/mol. The summed E-state index contributed by atoms with van der Waals surface area (Å²) in [6, 6.07) is 9.36. The van der Waals surface area contributed by atoms with Crippen LogP contribution in [0.5, 0.6) is 0 Å². The second-order valence-corrected chi connectivity index (χ2v) is 4.31. The van der Waals surface area contributed by atoms with Gasteiger partial charge < -0.3 is 5.32 Å². The Morgan fingerprint density at radius 2 is 1.87 bits per heavy atom. The van der Waals surface area contributed by atoms with Crippen LogP contribution < -0.4 is 5.32 Å². The van der Waals surface area contributed by atoms with Gasteiger partial charge in [-0.1, -0.05) is 49.8 Å². The molecule has 1 aromatic carbocycles. The van der Waals surface area contributed by atoms with Crippen LogP contribution in [0, 0.1) is 0 Å². The minimum absolute atomic E-state index is 0.754. The standard InChI is InChI=1S/C14H19N/c1-2-12-7-9-13(10-8-12)11-15-14-5-3-4-6-14/h2,7-10,14-15H,1,3-6,11H2. The quantitative estimate of drug-likeness (QED) is 0.787. The summed E-state index contributed by atoms with van der Waals surface area (Å²) < 4.78 is 0. The van der Waals surface area contributed by atoms with E-state index in [1.807, 2.05) is 6.08 Å². The van der Waals surface area contributed by atoms with Gasteiger partial charge in [0, 0.05) is 12.6 Å². The Morgan fingerprint density at radius 1 is 1.20 bits per heavy atom. The first kappa shape index (κ1) is 10.4. The molecule has 1 nitrogen and oxygen atoms in total. The van der Waals surface area contributed by atoms with Crippen molar-refractivity contribution in [3.8, 4) is 0 Å². The highest BCUT2D eigenvalue weighted by molar-refractivity contribution is 5.47. The summed E-state index contributed by atoms with van der Waals surface area (Å²) >= 11 is 0. The lowest BCUT2D eigenvalue weighted by Gasteiger charge is -2.11. The van der Waals surface area contributed by atoms with Gasteiger partial charge in [-0.3, -0.25) is 0 Å². The van der Waals surface area contributed by atoms with Crippen molar-refractivity contribution in [3.05, 3.63) is 42.0 Å². The first-order valence-electron chi connectivity index (χ1n) is 5.83. The lowest BCUT2D eigenvalue weighted by molar-refractivity contribution is 0.524. The zero-order valence-electron chi connectivity index (χ0n) is 9.21. The third kappa shape index (κ3) is 2.93. The normalized spacial score (nSPS) is 16.8. The second-order valence-electron chi connectivity index (χ2n) is 4.31. The average Bonchev–Trinajstić information content (AvgIpc) is 2.80. The molecule has 1 aliphatic rings. The minimum Gasteiger partial charge on any atom is -0.310 e. The fourth-order valence-corrected chi connectivity index (χ4v) is 2.16. The van der Waals surface area contributed by atoms with Gasteiger partial charge in [0.2, 0.25) is 0 Å². The van der Waals surface area contributed by atoms with E-state index in [4.69, 9.17) is 0 Å². The summed E-state index contributed by atoms with van der Waals surface area (Å²) in [5, 5.41) is 3.61. The minimum atomic E-state index is 0.754. The van der Waals surface area contributed by atoms with Gasteiger partial charge in [-0.15, -0.1) is 0 Å². The van der Waals surface area contributed by atoms with Gasteiger partial charge in [0.15, 0.2) is 0 Å². The molecule has 1 saturated carbocycles. The van der Waals surface area contributed by atoms with Crippen LogP contribution in [-0.2, 0) is 6.54 Å². The van der Waals surface area contributed by atoms with Crippen LogP contribution in [0.1, 0.15) is 36.8 Å². The molecule has 0 bridgehead atoms. The van der Waals surface area contributed by atoms with Gasteiger partial charge in [0.05, 0.1) is 0 Å². The molecule has 1 aliphatic carbocycles. The van der Waals surface area contributed by atoms with Crippen LogP contribution in [0.3, 0.4) is 0 Å². The van der Waals surface area contributed by atoms with E-state index in [0.717, 1.165) is 12.6 Å². The van der Waals surface area contributed by atoms with E-state index in [0.29, 0.717) is 0 Å². The van der Waals surface area contributed by atoms with Gasteiger partial charge in [0.25, 0.3) is 0 Å². The highest BCUT2D eigenvalue weighted by Gasteiger charge is 2.13. The molecule has 0 spiro atoms. The van der Waals surface area contributed by atoms with Crippen molar-refractivity contribution in [1.82, 2.24) is 5.32 Å². The summed E-state index contributed by atoms with van der Waals surface area (Å²) in [6.45, 7) is 4.76. The molecule has 15 heavy (non-hydrogen) atoms. The summed E-state index contributed by atoms with van der Waals surface area (Å²) in [4.78, 5) is 0. The Bertz CT molecular complexity index is 307. The van der Waals surface area contributed by atoms with E-state index >= 15 is 0 Å². The molecular formula is C14H19N. The van der Waals surface area contributed by atoms with E-state index in [1.54, 1.807) is 0 Å². The monoisotopic (exact) mass is 201 g/mol. The van der Waals surface area contributed by atoms with Crippen molar-refractivity contribution in [1.29, 1.82) is 0 Å². The molecule has 1 fully saturated rings. The fraction of sp³-hybridized carbons (Fsp3) is 0.429. The predicted molar refractivity (Wildman–Crippen MR) is 65.6 cm³/mol. The van der Waals surface area contributed by atoms with Gasteiger partial charge in [-0.05, 0) is 24.0 Å². The summed E-state index contributed by atoms with van der Waals surface area (Å²) in [6.07, 6.45) is 7.38. The van der Waals surface area contributed by atoms with E-state index in [-0.39, 0.29) is 0 Å². The number of rotatable bonds is 4. The van der Waals surface area contributed by atoms with Gasteiger partial charge >= 0.3 is 0 Å². The van der Waals surface area contributed by atoms with E-state index in [9.17, 15) is 0 Å². The molecule has 0 heterocycles. The third-order valence-electron chi connectivity index (χ3n) is 3.17. The molecule has 2 rings (SSSR count). The Balaban J connectivity index is 1.84. The molecule has 0 radical (unpaired) electrons. The molecule has 1 N–H and O–H groups in total. The smallest absolute Gasteiger partial charge is 0.0208 e. The predicted octanol–water partition coefficient (Wildman–Crippen LogP) is 3.36. The first-order valence-corrected chi connectivity index (χ1v) is 5.83. The van der Waals surface area contributed by atoms with E-state index < -0.39 is 0 Å². The number of hydrogen-bond donors (Lipinski definition) is 1. The Labute approximate surface area is 92.2 Å². The number of benzene rings is 1. The summed E-state index contributed by atoms with van der Waals surface area (Å²) in [5.74, 6) is 0. The SMILES string of the molecule is C=Cc1ccc(CNC2CCCC2)cc1. The highest BCUT2D eigenvalue weighted by atomic mass is 14.9. The Morgan fingerprint density at radius 3 is 2.47 bits per heavy atom. The van der Waals surface area contributed by atoms with Crippen molar-refractivity contribution in [3.63, 3.8) is 0 Å². The Kier molecular flexibility index (Phi) is 3.57. The highest BCUT2D eigenvalue weighted by Crippen LogP contribution is 2.18. The molecule has 0 amide bonds. The fourth-order valence-electron chi connectivity index (χ4n) is 2.16. The van der Waals surface area contributed by atoms with Crippen molar-refractivity contribution in [2.75, 3.05) is 0 Å². The van der Waals surface area contributed by atoms with Crippen molar-refractivity contribution >= 4 is 6.08 Å². The number of hydrogen-bond acceptors (Lipinski definition) is 1. The first-order chi connectivity index (χ1) is 7.38. The molecule has 0 atom stereocenters. The molecule has 0 aromatic heterocycles.